The number of carbonyl (C=O) groups is 1. The van der Waals surface area contributed by atoms with Crippen LogP contribution in [0.15, 0.2) is 24.3 Å². The first kappa shape index (κ1) is 15.9. The van der Waals surface area contributed by atoms with E-state index in [1.165, 1.54) is 24.9 Å². The van der Waals surface area contributed by atoms with Crippen molar-refractivity contribution in [2.45, 2.75) is 50.6 Å². The van der Waals surface area contributed by atoms with Crippen molar-refractivity contribution in [2.24, 2.45) is 5.92 Å². The van der Waals surface area contributed by atoms with Gasteiger partial charge in [0.25, 0.3) is 0 Å². The molecule has 3 fully saturated rings. The molecular formula is C18H27N5O. The Morgan fingerprint density at radius 1 is 1.00 bits per heavy atom. The highest BCUT2D eigenvalue weighted by Crippen LogP contribution is 2.28. The molecule has 0 radical (unpaired) electrons. The molecular weight excluding hydrogens is 302 g/mol. The molecule has 6 nitrogen and oxygen atoms in total. The van der Waals surface area contributed by atoms with Gasteiger partial charge in [0.15, 0.2) is 0 Å². The van der Waals surface area contributed by atoms with Gasteiger partial charge in [0, 0.05) is 42.5 Å². The normalized spacial score (nSPS) is 30.0. The number of hydrogen-bond acceptors (Lipinski definition) is 5. The van der Waals surface area contributed by atoms with Gasteiger partial charge in [-0.05, 0) is 62.8 Å². The monoisotopic (exact) mass is 329 g/mol. The SMILES string of the molecule is O=C(Nc1ccc(N2CCCCC2)cc1)C1CCC2NNNC2C1. The summed E-state index contributed by atoms with van der Waals surface area (Å²) in [6.45, 7) is 2.29. The minimum Gasteiger partial charge on any atom is -0.372 e. The lowest BCUT2D eigenvalue weighted by molar-refractivity contribution is -0.121. The minimum absolute atomic E-state index is 0.0854. The Kier molecular flexibility index (Phi) is 4.69. The molecule has 2 heterocycles. The van der Waals surface area contributed by atoms with Crippen LogP contribution in [0.3, 0.4) is 0 Å². The molecule has 4 N–H and O–H groups in total. The van der Waals surface area contributed by atoms with Crippen LogP contribution in [-0.2, 0) is 4.79 Å². The molecule has 6 heteroatoms. The Bertz CT molecular complexity index is 569. The van der Waals surface area contributed by atoms with Crippen LogP contribution < -0.4 is 26.6 Å². The molecule has 2 aliphatic heterocycles. The molecule has 1 aromatic rings. The first-order chi connectivity index (χ1) is 11.8. The highest BCUT2D eigenvalue weighted by molar-refractivity contribution is 5.92. The second kappa shape index (κ2) is 7.09. The standard InChI is InChI=1S/C18H27N5O/c24-18(13-4-9-16-17(12-13)21-22-20-16)19-14-5-7-15(8-6-14)23-10-2-1-3-11-23/h5-8,13,16-17,20-22H,1-4,9-12H2,(H,19,24). The van der Waals surface area contributed by atoms with Crippen LogP contribution in [0.25, 0.3) is 0 Å². The zero-order valence-corrected chi connectivity index (χ0v) is 14.1. The molecule has 1 amide bonds. The maximum atomic E-state index is 12.6. The summed E-state index contributed by atoms with van der Waals surface area (Å²) in [5, 5.41) is 3.10. The van der Waals surface area contributed by atoms with Gasteiger partial charge in [0.2, 0.25) is 5.91 Å². The summed E-state index contributed by atoms with van der Waals surface area (Å²) in [6.07, 6.45) is 6.74. The maximum Gasteiger partial charge on any atom is 0.227 e. The second-order valence-corrected chi connectivity index (χ2v) is 7.22. The summed E-state index contributed by atoms with van der Waals surface area (Å²) >= 11 is 0. The topological polar surface area (TPSA) is 68.4 Å². The first-order valence-electron chi connectivity index (χ1n) is 9.21. The van der Waals surface area contributed by atoms with Crippen molar-refractivity contribution in [2.75, 3.05) is 23.3 Å². The number of anilines is 2. The van der Waals surface area contributed by atoms with E-state index in [2.05, 4.69) is 38.7 Å². The number of carbonyl (C=O) groups excluding carboxylic acids is 1. The van der Waals surface area contributed by atoms with Crippen LogP contribution in [0.2, 0.25) is 0 Å². The van der Waals surface area contributed by atoms with Crippen LogP contribution in [-0.4, -0.2) is 31.1 Å². The number of nitrogens with one attached hydrogen (secondary N) is 4. The number of fused-ring (bicyclic) bond motifs is 1. The molecule has 1 aliphatic carbocycles. The lowest BCUT2D eigenvalue weighted by Crippen LogP contribution is -2.42. The second-order valence-electron chi connectivity index (χ2n) is 7.22. The Balaban J connectivity index is 1.33. The van der Waals surface area contributed by atoms with Crippen molar-refractivity contribution in [1.29, 1.82) is 0 Å². The van der Waals surface area contributed by atoms with Crippen molar-refractivity contribution in [3.8, 4) is 0 Å². The Morgan fingerprint density at radius 3 is 2.54 bits per heavy atom. The van der Waals surface area contributed by atoms with E-state index >= 15 is 0 Å². The van der Waals surface area contributed by atoms with Crippen molar-refractivity contribution in [3.05, 3.63) is 24.3 Å². The van der Waals surface area contributed by atoms with Gasteiger partial charge in [-0.15, -0.1) is 0 Å². The summed E-state index contributed by atoms with van der Waals surface area (Å²) < 4.78 is 0. The highest BCUT2D eigenvalue weighted by atomic mass is 16.1. The fourth-order valence-electron chi connectivity index (χ4n) is 4.12. The fraction of sp³-hybridized carbons (Fsp3) is 0.611. The molecule has 1 saturated carbocycles. The summed E-state index contributed by atoms with van der Waals surface area (Å²) in [5.74, 6) is 0.232. The number of hydrogen-bond donors (Lipinski definition) is 4. The number of amides is 1. The summed E-state index contributed by atoms with van der Waals surface area (Å²) in [6, 6.07) is 9.11. The Morgan fingerprint density at radius 2 is 1.75 bits per heavy atom. The average Bonchev–Trinajstić information content (AvgIpc) is 3.11. The maximum absolute atomic E-state index is 12.6. The highest BCUT2D eigenvalue weighted by Gasteiger charge is 2.36. The van der Waals surface area contributed by atoms with Gasteiger partial charge in [-0.25, -0.2) is 10.9 Å². The molecule has 3 atom stereocenters. The molecule has 4 rings (SSSR count). The molecule has 2 saturated heterocycles. The summed E-state index contributed by atoms with van der Waals surface area (Å²) in [7, 11) is 0. The van der Waals surface area contributed by atoms with Crippen LogP contribution >= 0.6 is 0 Å². The van der Waals surface area contributed by atoms with Gasteiger partial charge >= 0.3 is 0 Å². The summed E-state index contributed by atoms with van der Waals surface area (Å²) in [4.78, 5) is 15.0. The Labute approximate surface area is 143 Å². The first-order valence-corrected chi connectivity index (χ1v) is 9.21. The number of benzene rings is 1. The van der Waals surface area contributed by atoms with Gasteiger partial charge in [-0.1, -0.05) is 0 Å². The van der Waals surface area contributed by atoms with Gasteiger partial charge in [-0.3, -0.25) is 4.79 Å². The van der Waals surface area contributed by atoms with E-state index in [1.807, 2.05) is 12.1 Å². The fourth-order valence-corrected chi connectivity index (χ4v) is 4.12. The van der Waals surface area contributed by atoms with Crippen LogP contribution in [0.1, 0.15) is 38.5 Å². The predicted octanol–water partition coefficient (Wildman–Crippen LogP) is 1.77. The predicted molar refractivity (Wildman–Crippen MR) is 95.5 cm³/mol. The molecule has 1 aromatic carbocycles. The Hall–Kier alpha value is -1.63. The van der Waals surface area contributed by atoms with Crippen LogP contribution in [0.4, 0.5) is 11.4 Å². The number of nitrogens with zero attached hydrogens (tertiary/aromatic N) is 1. The van der Waals surface area contributed by atoms with Gasteiger partial charge in [0.05, 0.1) is 0 Å². The van der Waals surface area contributed by atoms with E-state index in [-0.39, 0.29) is 11.8 Å². The molecule has 3 aliphatic rings. The average molecular weight is 329 g/mol. The minimum atomic E-state index is 0.0854. The zero-order valence-electron chi connectivity index (χ0n) is 14.1. The third kappa shape index (κ3) is 3.41. The van der Waals surface area contributed by atoms with E-state index in [1.54, 1.807) is 0 Å². The lowest BCUT2D eigenvalue weighted by atomic mass is 9.82. The molecule has 0 aromatic heterocycles. The van der Waals surface area contributed by atoms with E-state index in [4.69, 9.17) is 0 Å². The largest absolute Gasteiger partial charge is 0.372 e. The smallest absolute Gasteiger partial charge is 0.227 e. The van der Waals surface area contributed by atoms with Crippen molar-refractivity contribution in [3.63, 3.8) is 0 Å². The van der Waals surface area contributed by atoms with E-state index in [9.17, 15) is 4.79 Å². The molecule has 130 valence electrons. The number of hydrazine groups is 2. The third-order valence-corrected chi connectivity index (χ3v) is 5.59. The number of rotatable bonds is 3. The van der Waals surface area contributed by atoms with Crippen molar-refractivity contribution in [1.82, 2.24) is 16.4 Å². The van der Waals surface area contributed by atoms with Crippen molar-refractivity contribution < 1.29 is 4.79 Å². The van der Waals surface area contributed by atoms with Crippen LogP contribution in [0.5, 0.6) is 0 Å². The van der Waals surface area contributed by atoms with E-state index in [0.717, 1.165) is 38.0 Å². The van der Waals surface area contributed by atoms with Crippen molar-refractivity contribution >= 4 is 17.3 Å². The summed E-state index contributed by atoms with van der Waals surface area (Å²) in [5.41, 5.74) is 11.6. The zero-order chi connectivity index (χ0) is 16.4. The molecule has 3 unspecified atom stereocenters. The molecule has 24 heavy (non-hydrogen) atoms. The van der Waals surface area contributed by atoms with E-state index < -0.39 is 0 Å². The quantitative estimate of drug-likeness (QED) is 0.680. The van der Waals surface area contributed by atoms with Gasteiger partial charge in [-0.2, -0.15) is 5.53 Å². The third-order valence-electron chi connectivity index (χ3n) is 5.59. The van der Waals surface area contributed by atoms with Gasteiger partial charge < -0.3 is 10.2 Å². The van der Waals surface area contributed by atoms with Crippen LogP contribution in [0, 0.1) is 5.92 Å². The lowest BCUT2D eigenvalue weighted by Gasteiger charge is -2.30. The molecule has 0 bridgehead atoms. The van der Waals surface area contributed by atoms with Gasteiger partial charge in [0.1, 0.15) is 0 Å². The number of piperidine rings is 1. The molecule has 0 spiro atoms. The van der Waals surface area contributed by atoms with E-state index in [0.29, 0.717) is 12.1 Å².